The SMILES string of the molecule is CCOc1ccc(C(=O)Nc2ccc(I)cc2F)cc1. The molecule has 1 amide bonds. The monoisotopic (exact) mass is 385 g/mol. The number of anilines is 1. The summed E-state index contributed by atoms with van der Waals surface area (Å²) in [7, 11) is 0. The first-order valence-corrected chi connectivity index (χ1v) is 7.17. The highest BCUT2D eigenvalue weighted by Gasteiger charge is 2.09. The van der Waals surface area contributed by atoms with Crippen molar-refractivity contribution < 1.29 is 13.9 Å². The maximum Gasteiger partial charge on any atom is 0.255 e. The van der Waals surface area contributed by atoms with E-state index in [0.717, 1.165) is 3.57 Å². The Balaban J connectivity index is 2.11. The van der Waals surface area contributed by atoms with Crippen molar-refractivity contribution in [2.45, 2.75) is 6.92 Å². The summed E-state index contributed by atoms with van der Waals surface area (Å²) in [5, 5.41) is 2.55. The normalized spacial score (nSPS) is 10.2. The van der Waals surface area contributed by atoms with Crippen LogP contribution in [0.3, 0.4) is 0 Å². The summed E-state index contributed by atoms with van der Waals surface area (Å²) in [5.74, 6) is -0.103. The largest absolute Gasteiger partial charge is 0.494 e. The summed E-state index contributed by atoms with van der Waals surface area (Å²) in [6.45, 7) is 2.46. The topological polar surface area (TPSA) is 38.3 Å². The number of ether oxygens (including phenoxy) is 1. The van der Waals surface area contributed by atoms with Crippen LogP contribution in [-0.2, 0) is 0 Å². The molecule has 2 rings (SSSR count). The highest BCUT2D eigenvalue weighted by atomic mass is 127. The number of nitrogens with one attached hydrogen (secondary N) is 1. The van der Waals surface area contributed by atoms with Crippen LogP contribution in [0.25, 0.3) is 0 Å². The van der Waals surface area contributed by atoms with Crippen molar-refractivity contribution >= 4 is 34.2 Å². The summed E-state index contributed by atoms with van der Waals surface area (Å²) in [5.41, 5.74) is 0.621. The third-order valence-electron chi connectivity index (χ3n) is 2.61. The lowest BCUT2D eigenvalue weighted by molar-refractivity contribution is 0.102. The highest BCUT2D eigenvalue weighted by molar-refractivity contribution is 14.1. The highest BCUT2D eigenvalue weighted by Crippen LogP contribution is 2.18. The van der Waals surface area contributed by atoms with Crippen molar-refractivity contribution in [2.75, 3.05) is 11.9 Å². The zero-order valence-electron chi connectivity index (χ0n) is 10.8. The lowest BCUT2D eigenvalue weighted by Gasteiger charge is -2.08. The Kier molecular flexibility index (Phi) is 4.94. The van der Waals surface area contributed by atoms with Crippen LogP contribution in [0.4, 0.5) is 10.1 Å². The number of hydrogen-bond donors (Lipinski definition) is 1. The fourth-order valence-electron chi connectivity index (χ4n) is 1.65. The molecule has 0 aliphatic heterocycles. The molecule has 2 aromatic rings. The quantitative estimate of drug-likeness (QED) is 0.806. The van der Waals surface area contributed by atoms with E-state index >= 15 is 0 Å². The maximum absolute atomic E-state index is 13.7. The molecule has 0 atom stereocenters. The standard InChI is InChI=1S/C15H13FINO2/c1-2-20-12-6-3-10(4-7-12)15(19)18-14-8-5-11(17)9-13(14)16/h3-9H,2H2,1H3,(H,18,19). The van der Waals surface area contributed by atoms with Crippen molar-refractivity contribution in [3.05, 3.63) is 57.4 Å². The zero-order valence-corrected chi connectivity index (χ0v) is 13.0. The van der Waals surface area contributed by atoms with Gasteiger partial charge >= 0.3 is 0 Å². The summed E-state index contributed by atoms with van der Waals surface area (Å²) < 4.78 is 19.7. The van der Waals surface area contributed by atoms with Crippen LogP contribution in [0.2, 0.25) is 0 Å². The van der Waals surface area contributed by atoms with Crippen LogP contribution in [-0.4, -0.2) is 12.5 Å². The number of halogens is 2. The molecule has 1 N–H and O–H groups in total. The fraction of sp³-hybridized carbons (Fsp3) is 0.133. The molecular weight excluding hydrogens is 372 g/mol. The van der Waals surface area contributed by atoms with E-state index in [0.29, 0.717) is 17.9 Å². The third-order valence-corrected chi connectivity index (χ3v) is 3.28. The molecule has 0 fully saturated rings. The van der Waals surface area contributed by atoms with Crippen molar-refractivity contribution in [2.24, 2.45) is 0 Å². The van der Waals surface area contributed by atoms with Crippen molar-refractivity contribution in [1.82, 2.24) is 0 Å². The average molecular weight is 385 g/mol. The molecule has 0 aliphatic rings. The second-order valence-electron chi connectivity index (χ2n) is 4.04. The lowest BCUT2D eigenvalue weighted by Crippen LogP contribution is -2.13. The molecule has 3 nitrogen and oxygen atoms in total. The Labute approximate surface area is 130 Å². The van der Waals surface area contributed by atoms with Gasteiger partial charge in [0.15, 0.2) is 0 Å². The van der Waals surface area contributed by atoms with Crippen LogP contribution in [0, 0.1) is 9.39 Å². The van der Waals surface area contributed by atoms with Gasteiger partial charge < -0.3 is 10.1 Å². The Morgan fingerprint density at radius 2 is 1.95 bits per heavy atom. The zero-order chi connectivity index (χ0) is 14.5. The van der Waals surface area contributed by atoms with Gasteiger partial charge in [0.2, 0.25) is 0 Å². The molecule has 0 unspecified atom stereocenters. The van der Waals surface area contributed by atoms with Gasteiger partial charge in [-0.1, -0.05) is 0 Å². The molecule has 0 saturated heterocycles. The Hall–Kier alpha value is -1.63. The molecule has 104 valence electrons. The molecule has 0 heterocycles. The number of rotatable bonds is 4. The van der Waals surface area contributed by atoms with Crippen LogP contribution >= 0.6 is 22.6 Å². The summed E-state index contributed by atoms with van der Waals surface area (Å²) in [6.07, 6.45) is 0. The maximum atomic E-state index is 13.7. The van der Waals surface area contributed by atoms with E-state index < -0.39 is 5.82 Å². The minimum Gasteiger partial charge on any atom is -0.494 e. The number of amides is 1. The van der Waals surface area contributed by atoms with Crippen molar-refractivity contribution in [1.29, 1.82) is 0 Å². The molecule has 0 aromatic heterocycles. The first-order chi connectivity index (χ1) is 9.60. The molecule has 5 heteroatoms. The molecule has 2 aromatic carbocycles. The van der Waals surface area contributed by atoms with E-state index in [4.69, 9.17) is 4.74 Å². The molecule has 0 radical (unpaired) electrons. The van der Waals surface area contributed by atoms with E-state index in [-0.39, 0.29) is 11.6 Å². The van der Waals surface area contributed by atoms with E-state index in [9.17, 15) is 9.18 Å². The number of hydrogen-bond acceptors (Lipinski definition) is 2. The van der Waals surface area contributed by atoms with Gasteiger partial charge in [0.1, 0.15) is 11.6 Å². The molecule has 0 saturated carbocycles. The van der Waals surface area contributed by atoms with Gasteiger partial charge in [0, 0.05) is 9.13 Å². The van der Waals surface area contributed by atoms with Gasteiger partial charge in [0.05, 0.1) is 12.3 Å². The predicted molar refractivity (Wildman–Crippen MR) is 84.7 cm³/mol. The van der Waals surface area contributed by atoms with Gasteiger partial charge in [-0.3, -0.25) is 4.79 Å². The van der Waals surface area contributed by atoms with Crippen LogP contribution in [0.1, 0.15) is 17.3 Å². The van der Waals surface area contributed by atoms with E-state index in [1.54, 1.807) is 36.4 Å². The van der Waals surface area contributed by atoms with E-state index in [2.05, 4.69) is 5.32 Å². The molecule has 20 heavy (non-hydrogen) atoms. The van der Waals surface area contributed by atoms with Crippen molar-refractivity contribution in [3.63, 3.8) is 0 Å². The summed E-state index contributed by atoms with van der Waals surface area (Å²) >= 11 is 2.01. The Morgan fingerprint density at radius 1 is 1.25 bits per heavy atom. The second-order valence-corrected chi connectivity index (χ2v) is 5.28. The molecule has 0 spiro atoms. The number of carbonyl (C=O) groups is 1. The first kappa shape index (κ1) is 14.8. The van der Waals surface area contributed by atoms with Gasteiger partial charge in [0.25, 0.3) is 5.91 Å². The first-order valence-electron chi connectivity index (χ1n) is 6.09. The molecular formula is C15H13FINO2. The van der Waals surface area contributed by atoms with Crippen LogP contribution < -0.4 is 10.1 Å². The Morgan fingerprint density at radius 3 is 2.55 bits per heavy atom. The average Bonchev–Trinajstić information content (AvgIpc) is 2.43. The van der Waals surface area contributed by atoms with Gasteiger partial charge in [-0.15, -0.1) is 0 Å². The van der Waals surface area contributed by atoms with Crippen LogP contribution in [0.5, 0.6) is 5.75 Å². The van der Waals surface area contributed by atoms with E-state index in [1.165, 1.54) is 6.07 Å². The van der Waals surface area contributed by atoms with E-state index in [1.807, 2.05) is 29.5 Å². The van der Waals surface area contributed by atoms with Crippen LogP contribution in [0.15, 0.2) is 42.5 Å². The smallest absolute Gasteiger partial charge is 0.255 e. The number of benzene rings is 2. The predicted octanol–water partition coefficient (Wildman–Crippen LogP) is 4.08. The fourth-order valence-corrected chi connectivity index (χ4v) is 2.11. The third kappa shape index (κ3) is 3.69. The Bertz CT molecular complexity index is 614. The number of carbonyl (C=O) groups excluding carboxylic acids is 1. The summed E-state index contributed by atoms with van der Waals surface area (Å²) in [4.78, 5) is 12.0. The second kappa shape index (κ2) is 6.69. The molecule has 0 aliphatic carbocycles. The van der Waals surface area contributed by atoms with Crippen molar-refractivity contribution in [3.8, 4) is 5.75 Å². The van der Waals surface area contributed by atoms with Gasteiger partial charge in [-0.25, -0.2) is 4.39 Å². The minimum absolute atomic E-state index is 0.171. The molecule has 0 bridgehead atoms. The summed E-state index contributed by atoms with van der Waals surface area (Å²) in [6, 6.07) is 11.4. The minimum atomic E-state index is -0.448. The van der Waals surface area contributed by atoms with Gasteiger partial charge in [-0.2, -0.15) is 0 Å². The lowest BCUT2D eigenvalue weighted by atomic mass is 10.2. The van der Waals surface area contributed by atoms with Gasteiger partial charge in [-0.05, 0) is 72.0 Å².